The number of allylic oxidation sites excluding steroid dienone is 1. The molecule has 1 atom stereocenters. The van der Waals surface area contributed by atoms with E-state index in [1.807, 2.05) is 23.6 Å². The van der Waals surface area contributed by atoms with Crippen molar-refractivity contribution in [2.45, 2.75) is 44.6 Å². The van der Waals surface area contributed by atoms with Crippen LogP contribution in [0, 0.1) is 0 Å². The Hall–Kier alpha value is -1.29. The molecule has 2 aliphatic rings. The molecule has 0 N–H and O–H groups in total. The van der Waals surface area contributed by atoms with Gasteiger partial charge in [0.05, 0.1) is 13.2 Å². The summed E-state index contributed by atoms with van der Waals surface area (Å²) in [5, 5.41) is 1.89. The Balaban J connectivity index is 1.86. The molecule has 0 amide bonds. The van der Waals surface area contributed by atoms with E-state index in [-0.39, 0.29) is 0 Å². The van der Waals surface area contributed by atoms with Gasteiger partial charge in [0, 0.05) is 22.0 Å². The van der Waals surface area contributed by atoms with Gasteiger partial charge in [0.2, 0.25) is 0 Å². The lowest BCUT2D eigenvalue weighted by Gasteiger charge is -2.18. The molecule has 114 valence electrons. The van der Waals surface area contributed by atoms with Gasteiger partial charge in [-0.15, -0.1) is 0 Å². The molecule has 0 radical (unpaired) electrons. The number of benzene rings is 1. The van der Waals surface area contributed by atoms with E-state index in [1.165, 1.54) is 18.4 Å². The highest BCUT2D eigenvalue weighted by atomic mass is 32.2. The summed E-state index contributed by atoms with van der Waals surface area (Å²) in [5.41, 5.74) is 2.27. The van der Waals surface area contributed by atoms with Crippen molar-refractivity contribution in [2.75, 3.05) is 12.9 Å². The van der Waals surface area contributed by atoms with E-state index in [0.717, 1.165) is 48.5 Å². The molecule has 4 heteroatoms. The Kier molecular flexibility index (Phi) is 4.63. The highest BCUT2D eigenvalue weighted by Gasteiger charge is 2.19. The summed E-state index contributed by atoms with van der Waals surface area (Å²) in [5.74, 6) is 2.38. The van der Waals surface area contributed by atoms with Crippen molar-refractivity contribution in [1.82, 2.24) is 0 Å². The van der Waals surface area contributed by atoms with E-state index >= 15 is 0 Å². The first-order valence-electron chi connectivity index (χ1n) is 7.69. The molecule has 3 rings (SSSR count). The predicted octanol–water partition coefficient (Wildman–Crippen LogP) is 3.90. The fourth-order valence-corrected chi connectivity index (χ4v) is 4.17. The molecule has 1 aliphatic heterocycles. The van der Waals surface area contributed by atoms with E-state index in [0.29, 0.717) is 6.10 Å². The molecule has 1 aliphatic carbocycles. The second-order valence-corrected chi connectivity index (χ2v) is 7.13. The van der Waals surface area contributed by atoms with Crippen LogP contribution in [0.2, 0.25) is 0 Å². The van der Waals surface area contributed by atoms with E-state index in [2.05, 4.69) is 0 Å². The molecule has 0 spiro atoms. The Morgan fingerprint density at radius 1 is 1.14 bits per heavy atom. The summed E-state index contributed by atoms with van der Waals surface area (Å²) >= 11 is 0. The van der Waals surface area contributed by atoms with Crippen LogP contribution in [-0.2, 0) is 10.8 Å². The van der Waals surface area contributed by atoms with Crippen molar-refractivity contribution in [2.24, 2.45) is 0 Å². The van der Waals surface area contributed by atoms with Crippen molar-refractivity contribution in [1.29, 1.82) is 0 Å². The topological polar surface area (TPSA) is 35.5 Å². The van der Waals surface area contributed by atoms with Crippen LogP contribution in [0.1, 0.15) is 44.1 Å². The van der Waals surface area contributed by atoms with Gasteiger partial charge in [0.25, 0.3) is 0 Å². The summed E-state index contributed by atoms with van der Waals surface area (Å²) in [7, 11) is 0.850. The van der Waals surface area contributed by atoms with Gasteiger partial charge < -0.3 is 9.47 Å². The van der Waals surface area contributed by atoms with Gasteiger partial charge in [0.1, 0.15) is 0 Å². The zero-order chi connectivity index (χ0) is 14.7. The minimum absolute atomic E-state index is 0.309. The quantitative estimate of drug-likeness (QED) is 0.846. The second-order valence-electron chi connectivity index (χ2n) is 5.72. The monoisotopic (exact) mass is 306 g/mol. The minimum Gasteiger partial charge on any atom is -0.493 e. The predicted molar refractivity (Wildman–Crippen MR) is 86.1 cm³/mol. The van der Waals surface area contributed by atoms with E-state index in [9.17, 15) is 4.21 Å². The molecule has 1 aromatic carbocycles. The van der Waals surface area contributed by atoms with Crippen LogP contribution in [-0.4, -0.2) is 23.2 Å². The number of rotatable bonds is 4. The molecule has 1 unspecified atom stereocenters. The number of ether oxygens (including phenoxy) is 2. The fourth-order valence-electron chi connectivity index (χ4n) is 3.05. The lowest BCUT2D eigenvalue weighted by molar-refractivity contribution is 0.200. The third-order valence-electron chi connectivity index (χ3n) is 4.20. The maximum Gasteiger partial charge on any atom is 0.162 e. The number of hydrogen-bond acceptors (Lipinski definition) is 3. The van der Waals surface area contributed by atoms with Crippen LogP contribution in [0.4, 0.5) is 0 Å². The molecule has 0 saturated heterocycles. The van der Waals surface area contributed by atoms with Gasteiger partial charge in [-0.05, 0) is 61.8 Å². The lowest BCUT2D eigenvalue weighted by Crippen LogP contribution is -2.12. The van der Waals surface area contributed by atoms with Gasteiger partial charge in [-0.1, -0.05) is 6.07 Å². The molecule has 0 bridgehead atoms. The smallest absolute Gasteiger partial charge is 0.162 e. The van der Waals surface area contributed by atoms with Crippen molar-refractivity contribution in [3.05, 3.63) is 29.2 Å². The maximum absolute atomic E-state index is 11.7. The number of methoxy groups -OCH3 is 1. The Morgan fingerprint density at radius 3 is 2.67 bits per heavy atom. The molecule has 1 fully saturated rings. The van der Waals surface area contributed by atoms with Crippen molar-refractivity contribution < 1.29 is 13.7 Å². The first-order valence-corrected chi connectivity index (χ1v) is 9.07. The second kappa shape index (κ2) is 6.65. The Labute approximate surface area is 128 Å². The van der Waals surface area contributed by atoms with Crippen LogP contribution in [0.3, 0.4) is 0 Å². The average molecular weight is 306 g/mol. The summed E-state index contributed by atoms with van der Waals surface area (Å²) in [6, 6.07) is 6.04. The lowest BCUT2D eigenvalue weighted by atomic mass is 10.0. The summed E-state index contributed by atoms with van der Waals surface area (Å²) in [6.07, 6.45) is 7.03. The van der Waals surface area contributed by atoms with Gasteiger partial charge >= 0.3 is 0 Å². The zero-order valence-electron chi connectivity index (χ0n) is 12.5. The van der Waals surface area contributed by atoms with Crippen LogP contribution in [0.5, 0.6) is 11.5 Å². The van der Waals surface area contributed by atoms with Gasteiger partial charge in [0.15, 0.2) is 11.5 Å². The molecule has 0 aromatic heterocycles. The molecular weight excluding hydrogens is 284 g/mol. The maximum atomic E-state index is 11.7. The summed E-state index contributed by atoms with van der Waals surface area (Å²) in [6.45, 7) is 0. The summed E-state index contributed by atoms with van der Waals surface area (Å²) < 4.78 is 23.3. The Bertz CT molecular complexity index is 559. The first kappa shape index (κ1) is 14.6. The fraction of sp³-hybridized carbons (Fsp3) is 0.529. The molecule has 3 nitrogen and oxygen atoms in total. The van der Waals surface area contributed by atoms with Crippen LogP contribution in [0.15, 0.2) is 23.6 Å². The molecule has 21 heavy (non-hydrogen) atoms. The molecule has 1 saturated carbocycles. The summed E-state index contributed by atoms with van der Waals surface area (Å²) in [4.78, 5) is 0. The highest BCUT2D eigenvalue weighted by Crippen LogP contribution is 2.35. The van der Waals surface area contributed by atoms with Crippen molar-refractivity contribution in [3.8, 4) is 11.5 Å². The highest BCUT2D eigenvalue weighted by molar-refractivity contribution is 7.88. The zero-order valence-corrected chi connectivity index (χ0v) is 13.3. The van der Waals surface area contributed by atoms with Crippen molar-refractivity contribution in [3.63, 3.8) is 0 Å². The molecule has 1 heterocycles. The largest absolute Gasteiger partial charge is 0.493 e. The van der Waals surface area contributed by atoms with E-state index < -0.39 is 10.8 Å². The van der Waals surface area contributed by atoms with Crippen LogP contribution in [0.25, 0.3) is 5.57 Å². The van der Waals surface area contributed by atoms with Crippen LogP contribution < -0.4 is 9.47 Å². The van der Waals surface area contributed by atoms with E-state index in [4.69, 9.17) is 9.47 Å². The number of hydrogen-bond donors (Lipinski definition) is 0. The van der Waals surface area contributed by atoms with Crippen LogP contribution >= 0.6 is 0 Å². The van der Waals surface area contributed by atoms with Gasteiger partial charge in [-0.25, -0.2) is 0 Å². The molecular formula is C17H22O3S. The molecule has 1 aromatic rings. The Morgan fingerprint density at radius 2 is 1.95 bits per heavy atom. The third-order valence-corrected chi connectivity index (χ3v) is 5.43. The normalized spacial score (nSPS) is 22.9. The SMILES string of the molecule is COc1ccc(C2=CS(=O)CCC2)cc1OC1CCCC1. The van der Waals surface area contributed by atoms with Gasteiger partial charge in [-0.3, -0.25) is 4.21 Å². The third kappa shape index (κ3) is 3.49. The van der Waals surface area contributed by atoms with Gasteiger partial charge in [-0.2, -0.15) is 0 Å². The standard InChI is InChI=1S/C17H22O3S/c1-19-16-9-8-13(14-5-4-10-21(18)12-14)11-17(16)20-15-6-2-3-7-15/h8-9,11-12,15H,2-7,10H2,1H3. The minimum atomic E-state index is -0.823. The first-order chi connectivity index (χ1) is 10.3. The van der Waals surface area contributed by atoms with Crippen molar-refractivity contribution >= 4 is 16.4 Å². The van der Waals surface area contributed by atoms with E-state index in [1.54, 1.807) is 7.11 Å². The average Bonchev–Trinajstić information content (AvgIpc) is 3.00.